The van der Waals surface area contributed by atoms with Crippen LogP contribution in [0.1, 0.15) is 19.9 Å². The second kappa shape index (κ2) is 6.16. The largest absolute Gasteiger partial charge is 0.302 e. The number of fused-ring (bicyclic) bond motifs is 3. The third-order valence-electron chi connectivity index (χ3n) is 4.87. The van der Waals surface area contributed by atoms with Gasteiger partial charge in [0.2, 0.25) is 0 Å². The lowest BCUT2D eigenvalue weighted by Gasteiger charge is -2.15. The van der Waals surface area contributed by atoms with Crippen molar-refractivity contribution >= 4 is 16.6 Å². The quantitative estimate of drug-likeness (QED) is 0.488. The predicted octanol–water partition coefficient (Wildman–Crippen LogP) is 3.48. The summed E-state index contributed by atoms with van der Waals surface area (Å²) in [6.45, 7) is 4.01. The van der Waals surface area contributed by atoms with E-state index < -0.39 is 0 Å². The fourth-order valence-electron chi connectivity index (χ4n) is 3.60. The van der Waals surface area contributed by atoms with Gasteiger partial charge in [0.1, 0.15) is 12.0 Å². The Hall–Kier alpha value is -3.74. The maximum atomic E-state index is 13.4. The van der Waals surface area contributed by atoms with E-state index in [9.17, 15) is 4.79 Å². The number of nitrogens with zero attached hydrogens (tertiary/aromatic N) is 6. The summed E-state index contributed by atoms with van der Waals surface area (Å²) in [6.07, 6.45) is 3.47. The van der Waals surface area contributed by atoms with Gasteiger partial charge in [0, 0.05) is 11.6 Å². The molecule has 3 heterocycles. The van der Waals surface area contributed by atoms with Crippen molar-refractivity contribution in [1.82, 2.24) is 28.9 Å². The second-order valence-corrected chi connectivity index (χ2v) is 6.96. The lowest BCUT2D eigenvalue weighted by Crippen LogP contribution is -2.25. The van der Waals surface area contributed by atoms with Crippen molar-refractivity contribution in [2.24, 2.45) is 0 Å². The van der Waals surface area contributed by atoms with Crippen LogP contribution in [0.15, 0.2) is 71.9 Å². The van der Waals surface area contributed by atoms with Gasteiger partial charge in [0.05, 0.1) is 17.2 Å². The molecular weight excluding hydrogens is 352 g/mol. The fourth-order valence-corrected chi connectivity index (χ4v) is 3.60. The Kier molecular flexibility index (Phi) is 3.61. The average Bonchev–Trinajstić information content (AvgIpc) is 3.36. The Bertz CT molecular complexity index is 1360. The molecule has 2 aromatic carbocycles. The van der Waals surface area contributed by atoms with Crippen LogP contribution in [0.3, 0.4) is 0 Å². The molecule has 0 aliphatic heterocycles. The van der Waals surface area contributed by atoms with Gasteiger partial charge in [0.15, 0.2) is 11.3 Å². The first kappa shape index (κ1) is 16.4. The highest BCUT2D eigenvalue weighted by atomic mass is 16.1. The number of aromatic nitrogens is 6. The predicted molar refractivity (Wildman–Crippen MR) is 108 cm³/mol. The van der Waals surface area contributed by atoms with Crippen LogP contribution in [0, 0.1) is 0 Å². The summed E-state index contributed by atoms with van der Waals surface area (Å²) in [7, 11) is 0. The molecular formula is C21H18N6O. The Morgan fingerprint density at radius 1 is 0.929 bits per heavy atom. The molecule has 0 amide bonds. The lowest BCUT2D eigenvalue weighted by atomic mass is 10.2. The van der Waals surface area contributed by atoms with E-state index in [1.54, 1.807) is 21.8 Å². The second-order valence-electron chi connectivity index (χ2n) is 6.96. The smallest absolute Gasteiger partial charge is 0.279 e. The number of para-hydroxylation sites is 2. The molecule has 0 bridgehead atoms. The third kappa shape index (κ3) is 2.36. The SMILES string of the molecule is CC(C)n1c(=O)c2c(-n3cc(-c4ccccc4)nn3)ncn2c2ccccc21. The highest BCUT2D eigenvalue weighted by molar-refractivity contribution is 5.81. The van der Waals surface area contributed by atoms with Crippen LogP contribution in [0.4, 0.5) is 0 Å². The minimum Gasteiger partial charge on any atom is -0.302 e. The summed E-state index contributed by atoms with van der Waals surface area (Å²) < 4.78 is 5.19. The first-order chi connectivity index (χ1) is 13.6. The van der Waals surface area contributed by atoms with Crippen molar-refractivity contribution in [3.05, 3.63) is 77.5 Å². The van der Waals surface area contributed by atoms with Gasteiger partial charge < -0.3 is 4.57 Å². The molecule has 0 atom stereocenters. The fraction of sp³-hybridized carbons (Fsp3) is 0.143. The first-order valence-electron chi connectivity index (χ1n) is 9.13. The molecule has 0 saturated carbocycles. The molecule has 3 aromatic heterocycles. The van der Waals surface area contributed by atoms with Crippen molar-refractivity contribution < 1.29 is 0 Å². The van der Waals surface area contributed by atoms with Gasteiger partial charge in [-0.25, -0.2) is 4.98 Å². The summed E-state index contributed by atoms with van der Waals surface area (Å²) in [5, 5.41) is 8.48. The van der Waals surface area contributed by atoms with E-state index in [0.717, 1.165) is 22.3 Å². The highest BCUT2D eigenvalue weighted by Crippen LogP contribution is 2.22. The number of hydrogen-bond acceptors (Lipinski definition) is 4. The molecule has 138 valence electrons. The number of imidazole rings is 1. The molecule has 7 heteroatoms. The van der Waals surface area contributed by atoms with Gasteiger partial charge >= 0.3 is 0 Å². The summed E-state index contributed by atoms with van der Waals surface area (Å²) in [6, 6.07) is 17.7. The van der Waals surface area contributed by atoms with Crippen LogP contribution < -0.4 is 5.56 Å². The van der Waals surface area contributed by atoms with Crippen molar-refractivity contribution in [3.63, 3.8) is 0 Å². The topological polar surface area (TPSA) is 70.0 Å². The zero-order valence-corrected chi connectivity index (χ0v) is 15.5. The number of hydrogen-bond donors (Lipinski definition) is 0. The molecule has 0 aliphatic rings. The molecule has 0 fully saturated rings. The zero-order valence-electron chi connectivity index (χ0n) is 15.5. The molecule has 0 radical (unpaired) electrons. The van der Waals surface area contributed by atoms with E-state index in [4.69, 9.17) is 0 Å². The van der Waals surface area contributed by atoms with Crippen LogP contribution >= 0.6 is 0 Å². The van der Waals surface area contributed by atoms with E-state index in [2.05, 4.69) is 15.3 Å². The van der Waals surface area contributed by atoms with Crippen molar-refractivity contribution in [2.75, 3.05) is 0 Å². The summed E-state index contributed by atoms with van der Waals surface area (Å²) >= 11 is 0. The Morgan fingerprint density at radius 2 is 1.64 bits per heavy atom. The van der Waals surface area contributed by atoms with Gasteiger partial charge in [-0.1, -0.05) is 47.7 Å². The van der Waals surface area contributed by atoms with Crippen LogP contribution in [0.5, 0.6) is 0 Å². The summed E-state index contributed by atoms with van der Waals surface area (Å²) in [5.41, 5.74) is 3.87. The van der Waals surface area contributed by atoms with Crippen molar-refractivity contribution in [3.8, 4) is 17.1 Å². The molecule has 28 heavy (non-hydrogen) atoms. The standard InChI is InChI=1S/C21H18N6O/c1-14(2)27-18-11-7-6-10-17(18)25-13-22-20(19(25)21(27)28)26-12-16(23-24-26)15-8-4-3-5-9-15/h3-14H,1-2H3. The van der Waals surface area contributed by atoms with E-state index in [1.165, 1.54) is 0 Å². The lowest BCUT2D eigenvalue weighted by molar-refractivity contribution is 0.600. The van der Waals surface area contributed by atoms with Crippen molar-refractivity contribution in [1.29, 1.82) is 0 Å². The molecule has 5 rings (SSSR count). The van der Waals surface area contributed by atoms with Gasteiger partial charge in [0.25, 0.3) is 5.56 Å². The first-order valence-corrected chi connectivity index (χ1v) is 9.13. The Morgan fingerprint density at radius 3 is 2.39 bits per heavy atom. The van der Waals surface area contributed by atoms with Crippen molar-refractivity contribution in [2.45, 2.75) is 19.9 Å². The zero-order chi connectivity index (χ0) is 19.3. The minimum absolute atomic E-state index is 0.0146. The monoisotopic (exact) mass is 370 g/mol. The maximum absolute atomic E-state index is 13.4. The van der Waals surface area contributed by atoms with Crippen LogP contribution in [-0.2, 0) is 0 Å². The summed E-state index contributed by atoms with van der Waals surface area (Å²) in [5.74, 6) is 0.472. The van der Waals surface area contributed by atoms with Crippen LogP contribution in [0.25, 0.3) is 33.6 Å². The van der Waals surface area contributed by atoms with E-state index >= 15 is 0 Å². The normalized spacial score (nSPS) is 11.7. The maximum Gasteiger partial charge on any atom is 0.279 e. The Balaban J connectivity index is 1.79. The number of rotatable bonds is 3. The average molecular weight is 370 g/mol. The van der Waals surface area contributed by atoms with Gasteiger partial charge in [-0.05, 0) is 26.0 Å². The third-order valence-corrected chi connectivity index (χ3v) is 4.87. The van der Waals surface area contributed by atoms with Crippen LogP contribution in [0.2, 0.25) is 0 Å². The molecule has 0 spiro atoms. The Labute approximate surface area is 160 Å². The van der Waals surface area contributed by atoms with E-state index in [0.29, 0.717) is 11.3 Å². The molecule has 0 saturated heterocycles. The van der Waals surface area contributed by atoms with Gasteiger partial charge in [-0.2, -0.15) is 4.68 Å². The number of benzene rings is 2. The molecule has 0 N–H and O–H groups in total. The minimum atomic E-state index is -0.0991. The molecule has 0 aliphatic carbocycles. The van der Waals surface area contributed by atoms with Crippen LogP contribution in [-0.4, -0.2) is 28.9 Å². The van der Waals surface area contributed by atoms with E-state index in [-0.39, 0.29) is 11.6 Å². The van der Waals surface area contributed by atoms with E-state index in [1.807, 2.05) is 72.8 Å². The molecule has 0 unspecified atom stereocenters. The molecule has 7 nitrogen and oxygen atoms in total. The van der Waals surface area contributed by atoms with Gasteiger partial charge in [-0.15, -0.1) is 5.10 Å². The highest BCUT2D eigenvalue weighted by Gasteiger charge is 2.19. The molecule has 5 aromatic rings. The summed E-state index contributed by atoms with van der Waals surface area (Å²) in [4.78, 5) is 17.9. The van der Waals surface area contributed by atoms with Gasteiger partial charge in [-0.3, -0.25) is 9.20 Å².